The van der Waals surface area contributed by atoms with Crippen molar-refractivity contribution in [2.45, 2.75) is 63.8 Å². The number of anilines is 2. The number of rotatable bonds is 6. The lowest BCUT2D eigenvalue weighted by Crippen LogP contribution is -2.46. The maximum absolute atomic E-state index is 13.9. The van der Waals surface area contributed by atoms with Crippen molar-refractivity contribution < 1.29 is 24.5 Å². The van der Waals surface area contributed by atoms with Gasteiger partial charge in [0.2, 0.25) is 5.91 Å². The molecule has 1 aromatic carbocycles. The molecule has 2 saturated heterocycles. The van der Waals surface area contributed by atoms with E-state index in [1.807, 2.05) is 25.1 Å². The summed E-state index contributed by atoms with van der Waals surface area (Å²) < 4.78 is 6.54. The number of nitrogens with zero attached hydrogens (tertiary/aromatic N) is 2. The van der Waals surface area contributed by atoms with E-state index in [0.29, 0.717) is 25.9 Å². The Kier molecular flexibility index (Phi) is 5.94. The second-order valence-corrected chi connectivity index (χ2v) is 9.78. The Labute approximate surface area is 189 Å². The van der Waals surface area contributed by atoms with Crippen molar-refractivity contribution in [3.63, 3.8) is 0 Å². The van der Waals surface area contributed by atoms with Gasteiger partial charge in [-0.15, -0.1) is 6.58 Å². The van der Waals surface area contributed by atoms with Crippen molar-refractivity contribution in [3.8, 4) is 0 Å². The summed E-state index contributed by atoms with van der Waals surface area (Å²) in [5, 5.41) is 20.6. The SMILES string of the molecule is C=CCN1C(=O)[C@]2(O[C@H](CCO)[C@@H](C(C)(C)O)[C@@H]2C)c2cc(N3CCCCC3=O)ccc21. The number of amides is 2. The van der Waals surface area contributed by atoms with E-state index in [1.165, 1.54) is 0 Å². The summed E-state index contributed by atoms with van der Waals surface area (Å²) in [6, 6.07) is 5.69. The zero-order valence-electron chi connectivity index (χ0n) is 19.2. The van der Waals surface area contributed by atoms with Crippen molar-refractivity contribution in [1.29, 1.82) is 0 Å². The molecule has 2 fully saturated rings. The first-order valence-corrected chi connectivity index (χ1v) is 11.6. The van der Waals surface area contributed by atoms with Crippen molar-refractivity contribution in [3.05, 3.63) is 36.4 Å². The highest BCUT2D eigenvalue weighted by Gasteiger charge is 2.65. The van der Waals surface area contributed by atoms with Crippen molar-refractivity contribution >= 4 is 23.2 Å². The van der Waals surface area contributed by atoms with Crippen LogP contribution < -0.4 is 9.80 Å². The number of fused-ring (bicyclic) bond motifs is 2. The molecule has 3 aliphatic heterocycles. The molecule has 4 atom stereocenters. The van der Waals surface area contributed by atoms with Crippen molar-refractivity contribution in [2.24, 2.45) is 11.8 Å². The fourth-order valence-corrected chi connectivity index (χ4v) is 6.02. The number of hydrogen-bond donors (Lipinski definition) is 2. The van der Waals surface area contributed by atoms with E-state index in [4.69, 9.17) is 4.74 Å². The molecule has 32 heavy (non-hydrogen) atoms. The van der Waals surface area contributed by atoms with Crippen LogP contribution in [0.15, 0.2) is 30.9 Å². The zero-order valence-corrected chi connectivity index (χ0v) is 19.2. The molecule has 7 nitrogen and oxygen atoms in total. The number of benzene rings is 1. The molecule has 0 bridgehead atoms. The van der Waals surface area contributed by atoms with Gasteiger partial charge in [0.1, 0.15) is 0 Å². The fourth-order valence-electron chi connectivity index (χ4n) is 6.02. The maximum Gasteiger partial charge on any atom is 0.264 e. The Morgan fingerprint density at radius 1 is 1.31 bits per heavy atom. The molecule has 2 N–H and O–H groups in total. The maximum atomic E-state index is 13.9. The summed E-state index contributed by atoms with van der Waals surface area (Å²) >= 11 is 0. The Morgan fingerprint density at radius 3 is 2.69 bits per heavy atom. The van der Waals surface area contributed by atoms with Gasteiger partial charge < -0.3 is 24.7 Å². The molecule has 0 unspecified atom stereocenters. The molecular formula is C25H34N2O5. The summed E-state index contributed by atoms with van der Waals surface area (Å²) in [5.74, 6) is -0.787. The lowest BCUT2D eigenvalue weighted by atomic mass is 9.71. The number of hydrogen-bond acceptors (Lipinski definition) is 5. The highest BCUT2D eigenvalue weighted by Crippen LogP contribution is 2.58. The summed E-state index contributed by atoms with van der Waals surface area (Å²) in [6.45, 7) is 10.1. The van der Waals surface area contributed by atoms with E-state index in [-0.39, 0.29) is 30.3 Å². The normalized spacial score (nSPS) is 30.3. The average molecular weight is 443 g/mol. The number of aliphatic hydroxyl groups is 2. The van der Waals surface area contributed by atoms with E-state index in [9.17, 15) is 19.8 Å². The van der Waals surface area contributed by atoms with Gasteiger partial charge >= 0.3 is 0 Å². The first kappa shape index (κ1) is 23.0. The lowest BCUT2D eigenvalue weighted by molar-refractivity contribution is -0.146. The van der Waals surface area contributed by atoms with Gasteiger partial charge in [-0.05, 0) is 51.3 Å². The van der Waals surface area contributed by atoms with Crippen LogP contribution in [0.4, 0.5) is 11.4 Å². The Bertz CT molecular complexity index is 923. The van der Waals surface area contributed by atoms with Gasteiger partial charge in [-0.2, -0.15) is 0 Å². The molecular weight excluding hydrogens is 408 g/mol. The molecule has 1 spiro atoms. The quantitative estimate of drug-likeness (QED) is 0.661. The summed E-state index contributed by atoms with van der Waals surface area (Å²) in [6.07, 6.45) is 3.90. The molecule has 0 aromatic heterocycles. The van der Waals surface area contributed by atoms with Crippen molar-refractivity contribution in [1.82, 2.24) is 0 Å². The minimum absolute atomic E-state index is 0.0884. The standard InChI is InChI=1S/C25H34N2O5/c1-5-12-27-19-10-9-17(26-13-7-6-8-21(26)29)15-18(19)25(23(27)30)16(2)22(24(3,4)31)20(32-25)11-14-28/h5,9-10,15-16,20,22,28,31H,1,6-8,11-14H2,2-4H3/t16-,20+,22-,25+/m0/s1. The van der Waals surface area contributed by atoms with Crippen LogP contribution in [0, 0.1) is 11.8 Å². The van der Waals surface area contributed by atoms with E-state index in [2.05, 4.69) is 6.58 Å². The molecule has 0 saturated carbocycles. The predicted molar refractivity (Wildman–Crippen MR) is 122 cm³/mol. The van der Waals surface area contributed by atoms with Crippen LogP contribution in [0.5, 0.6) is 0 Å². The third-order valence-corrected chi connectivity index (χ3v) is 7.33. The summed E-state index contributed by atoms with van der Waals surface area (Å²) in [7, 11) is 0. The monoisotopic (exact) mass is 442 g/mol. The Hall–Kier alpha value is -2.22. The molecule has 174 valence electrons. The van der Waals surface area contributed by atoms with E-state index < -0.39 is 17.3 Å². The van der Waals surface area contributed by atoms with E-state index >= 15 is 0 Å². The fraction of sp³-hybridized carbons (Fsp3) is 0.600. The van der Waals surface area contributed by atoms with Crippen LogP contribution >= 0.6 is 0 Å². The summed E-state index contributed by atoms with van der Waals surface area (Å²) in [4.78, 5) is 29.9. The topological polar surface area (TPSA) is 90.3 Å². The summed E-state index contributed by atoms with van der Waals surface area (Å²) in [5.41, 5.74) is -0.147. The smallest absolute Gasteiger partial charge is 0.264 e. The number of ether oxygens (including phenoxy) is 1. The molecule has 3 heterocycles. The van der Waals surface area contributed by atoms with Gasteiger partial charge in [-0.25, -0.2) is 0 Å². The predicted octanol–water partition coefficient (Wildman–Crippen LogP) is 2.74. The van der Waals surface area contributed by atoms with Crippen LogP contribution in [0.25, 0.3) is 0 Å². The molecule has 0 aliphatic carbocycles. The third-order valence-electron chi connectivity index (χ3n) is 7.33. The molecule has 3 aliphatic rings. The Morgan fingerprint density at radius 2 is 2.06 bits per heavy atom. The number of carbonyl (C=O) groups excluding carboxylic acids is 2. The first-order chi connectivity index (χ1) is 15.2. The first-order valence-electron chi connectivity index (χ1n) is 11.6. The van der Waals surface area contributed by atoms with Gasteiger partial charge in [-0.1, -0.05) is 13.0 Å². The van der Waals surface area contributed by atoms with Crippen LogP contribution in [0.2, 0.25) is 0 Å². The van der Waals surface area contributed by atoms with Crippen LogP contribution in [-0.4, -0.2) is 53.4 Å². The second kappa shape index (κ2) is 8.28. The highest BCUT2D eigenvalue weighted by molar-refractivity contribution is 6.08. The van der Waals surface area contributed by atoms with Crippen LogP contribution in [0.3, 0.4) is 0 Å². The number of piperidine rings is 1. The van der Waals surface area contributed by atoms with Crippen LogP contribution in [0.1, 0.15) is 52.0 Å². The molecule has 1 aromatic rings. The average Bonchev–Trinajstić information content (AvgIpc) is 3.16. The Balaban J connectivity index is 1.86. The third kappa shape index (κ3) is 3.38. The van der Waals surface area contributed by atoms with Gasteiger partial charge in [-0.3, -0.25) is 9.59 Å². The van der Waals surface area contributed by atoms with Gasteiger partial charge in [0, 0.05) is 49.2 Å². The minimum Gasteiger partial charge on any atom is -0.396 e. The van der Waals surface area contributed by atoms with Crippen molar-refractivity contribution in [2.75, 3.05) is 29.5 Å². The molecule has 4 rings (SSSR count). The van der Waals surface area contributed by atoms with Gasteiger partial charge in [0.25, 0.3) is 5.91 Å². The van der Waals surface area contributed by atoms with Crippen LogP contribution in [-0.2, 0) is 19.9 Å². The minimum atomic E-state index is -1.28. The van der Waals surface area contributed by atoms with Gasteiger partial charge in [0.05, 0.1) is 17.4 Å². The molecule has 0 radical (unpaired) electrons. The molecule has 2 amide bonds. The van der Waals surface area contributed by atoms with E-state index in [0.717, 1.165) is 29.8 Å². The molecule has 7 heteroatoms. The van der Waals surface area contributed by atoms with E-state index in [1.54, 1.807) is 29.7 Å². The number of aliphatic hydroxyl groups excluding tert-OH is 1. The second-order valence-electron chi connectivity index (χ2n) is 9.78. The highest BCUT2D eigenvalue weighted by atomic mass is 16.5. The largest absolute Gasteiger partial charge is 0.396 e. The number of carbonyl (C=O) groups is 2. The lowest BCUT2D eigenvalue weighted by Gasteiger charge is -2.34. The zero-order chi connectivity index (χ0) is 23.3. The van der Waals surface area contributed by atoms with Gasteiger partial charge in [0.15, 0.2) is 5.60 Å².